The fourth-order valence-electron chi connectivity index (χ4n) is 2.93. The van der Waals surface area contributed by atoms with Crippen molar-refractivity contribution in [1.29, 1.82) is 0 Å². The molecule has 0 aromatic heterocycles. The molecule has 4 heteroatoms. The zero-order valence-electron chi connectivity index (χ0n) is 13.0. The number of carbonyl (C=O) groups is 1. The molecule has 2 aromatic rings. The summed E-state index contributed by atoms with van der Waals surface area (Å²) in [7, 11) is 0. The van der Waals surface area contributed by atoms with Crippen molar-refractivity contribution in [3.05, 3.63) is 70.2 Å². The van der Waals surface area contributed by atoms with Crippen molar-refractivity contribution in [1.82, 2.24) is 4.90 Å². The first-order valence-corrected chi connectivity index (χ1v) is 8.70. The minimum Gasteiger partial charge on any atom is -0.445 e. The Kier molecular flexibility index (Phi) is 5.34. The number of amides is 1. The van der Waals surface area contributed by atoms with E-state index in [1.165, 1.54) is 5.56 Å². The lowest BCUT2D eigenvalue weighted by atomic mass is 9.99. The van der Waals surface area contributed by atoms with E-state index in [0.717, 1.165) is 36.0 Å². The lowest BCUT2D eigenvalue weighted by molar-refractivity contribution is 0.103. The molecule has 0 bridgehead atoms. The summed E-state index contributed by atoms with van der Waals surface area (Å²) in [5.74, 6) is 0.514. The number of hydrogen-bond donors (Lipinski definition) is 0. The summed E-state index contributed by atoms with van der Waals surface area (Å²) in [5, 5.41) is 0. The van der Waals surface area contributed by atoms with Crippen molar-refractivity contribution >= 4 is 22.0 Å². The van der Waals surface area contributed by atoms with Crippen LogP contribution in [0.25, 0.3) is 0 Å². The molecule has 1 fully saturated rings. The largest absolute Gasteiger partial charge is 0.445 e. The Morgan fingerprint density at radius 2 is 1.83 bits per heavy atom. The molecule has 0 spiro atoms. The Bertz CT molecular complexity index is 642. The molecule has 1 amide bonds. The monoisotopic (exact) mass is 373 g/mol. The number of rotatable bonds is 4. The van der Waals surface area contributed by atoms with Gasteiger partial charge in [-0.15, -0.1) is 0 Å². The van der Waals surface area contributed by atoms with Gasteiger partial charge in [-0.3, -0.25) is 0 Å². The molecule has 23 heavy (non-hydrogen) atoms. The van der Waals surface area contributed by atoms with E-state index in [9.17, 15) is 4.79 Å². The van der Waals surface area contributed by atoms with E-state index >= 15 is 0 Å². The smallest absolute Gasteiger partial charge is 0.410 e. The Balaban J connectivity index is 1.47. The van der Waals surface area contributed by atoms with Gasteiger partial charge in [0, 0.05) is 17.6 Å². The summed E-state index contributed by atoms with van der Waals surface area (Å²) in [4.78, 5) is 14.0. The molecule has 3 rings (SSSR count). The Morgan fingerprint density at radius 3 is 2.57 bits per heavy atom. The number of carbonyl (C=O) groups excluding carboxylic acids is 1. The van der Waals surface area contributed by atoms with E-state index in [2.05, 4.69) is 40.2 Å². The zero-order chi connectivity index (χ0) is 16.1. The molecule has 120 valence electrons. The molecular formula is C19H20BrNO2. The summed E-state index contributed by atoms with van der Waals surface area (Å²) in [6, 6.07) is 18.2. The molecule has 2 aromatic carbocycles. The quantitative estimate of drug-likeness (QED) is 0.780. The molecule has 1 aliphatic heterocycles. The van der Waals surface area contributed by atoms with Gasteiger partial charge in [-0.1, -0.05) is 58.4 Å². The van der Waals surface area contributed by atoms with Crippen LogP contribution in [0.4, 0.5) is 4.79 Å². The molecule has 1 aliphatic rings. The third-order valence-corrected chi connectivity index (χ3v) is 4.72. The summed E-state index contributed by atoms with van der Waals surface area (Å²) < 4.78 is 6.50. The van der Waals surface area contributed by atoms with Crippen LogP contribution in [0.3, 0.4) is 0 Å². The van der Waals surface area contributed by atoms with Gasteiger partial charge in [-0.05, 0) is 42.0 Å². The average Bonchev–Trinajstić information content (AvgIpc) is 3.04. The normalized spacial score (nSPS) is 17.3. The topological polar surface area (TPSA) is 29.5 Å². The molecule has 3 nitrogen and oxygen atoms in total. The minimum absolute atomic E-state index is 0.202. The number of halogens is 1. The number of hydrogen-bond acceptors (Lipinski definition) is 2. The van der Waals surface area contributed by atoms with Gasteiger partial charge in [0.1, 0.15) is 6.61 Å². The second-order valence-corrected chi connectivity index (χ2v) is 6.89. The minimum atomic E-state index is -0.202. The zero-order valence-corrected chi connectivity index (χ0v) is 14.5. The van der Waals surface area contributed by atoms with Gasteiger partial charge in [0.15, 0.2) is 0 Å². The van der Waals surface area contributed by atoms with E-state index in [1.807, 2.05) is 35.2 Å². The second-order valence-electron chi connectivity index (χ2n) is 5.97. The van der Waals surface area contributed by atoms with Gasteiger partial charge < -0.3 is 9.64 Å². The van der Waals surface area contributed by atoms with Crippen LogP contribution in [0.1, 0.15) is 17.5 Å². The molecule has 0 saturated carbocycles. The van der Waals surface area contributed by atoms with Crippen LogP contribution in [0.15, 0.2) is 59.1 Å². The first-order chi connectivity index (χ1) is 11.2. The predicted octanol–water partition coefficient (Wildman–Crippen LogP) is 4.65. The Hall–Kier alpha value is -1.81. The summed E-state index contributed by atoms with van der Waals surface area (Å²) in [6.07, 6.45) is 1.85. The van der Waals surface area contributed by atoms with Crippen LogP contribution in [0.5, 0.6) is 0 Å². The van der Waals surface area contributed by atoms with Crippen LogP contribution >= 0.6 is 15.9 Å². The molecule has 1 unspecified atom stereocenters. The average molecular weight is 374 g/mol. The standard InChI is InChI=1S/C19H20BrNO2/c20-18-8-6-15(7-9-18)12-17-10-11-21(13-17)19(22)23-14-16-4-2-1-3-5-16/h1-9,17H,10-14H2. The number of likely N-dealkylation sites (tertiary alicyclic amines) is 1. The van der Waals surface area contributed by atoms with Crippen molar-refractivity contribution in [3.63, 3.8) is 0 Å². The van der Waals surface area contributed by atoms with Gasteiger partial charge >= 0.3 is 6.09 Å². The van der Waals surface area contributed by atoms with Gasteiger partial charge in [0.2, 0.25) is 0 Å². The molecule has 1 saturated heterocycles. The summed E-state index contributed by atoms with van der Waals surface area (Å²) >= 11 is 3.45. The first kappa shape index (κ1) is 16.1. The molecule has 1 atom stereocenters. The number of ether oxygens (including phenoxy) is 1. The van der Waals surface area contributed by atoms with Gasteiger partial charge in [-0.25, -0.2) is 4.79 Å². The highest BCUT2D eigenvalue weighted by Gasteiger charge is 2.27. The summed E-state index contributed by atoms with van der Waals surface area (Å²) in [5.41, 5.74) is 2.34. The SMILES string of the molecule is O=C(OCc1ccccc1)N1CCC(Cc2ccc(Br)cc2)C1. The van der Waals surface area contributed by atoms with E-state index in [4.69, 9.17) is 4.74 Å². The highest BCUT2D eigenvalue weighted by molar-refractivity contribution is 9.10. The first-order valence-electron chi connectivity index (χ1n) is 7.91. The fourth-order valence-corrected chi connectivity index (χ4v) is 3.19. The van der Waals surface area contributed by atoms with Crippen LogP contribution in [-0.2, 0) is 17.8 Å². The Labute approximate surface area is 145 Å². The van der Waals surface area contributed by atoms with Crippen LogP contribution in [0.2, 0.25) is 0 Å². The highest BCUT2D eigenvalue weighted by atomic mass is 79.9. The van der Waals surface area contributed by atoms with E-state index < -0.39 is 0 Å². The van der Waals surface area contributed by atoms with E-state index in [-0.39, 0.29) is 6.09 Å². The van der Waals surface area contributed by atoms with Gasteiger partial charge in [0.05, 0.1) is 0 Å². The lowest BCUT2D eigenvalue weighted by Crippen LogP contribution is -2.29. The Morgan fingerprint density at radius 1 is 1.09 bits per heavy atom. The number of benzene rings is 2. The molecule has 0 N–H and O–H groups in total. The van der Waals surface area contributed by atoms with Gasteiger partial charge in [-0.2, -0.15) is 0 Å². The molecular weight excluding hydrogens is 354 g/mol. The van der Waals surface area contributed by atoms with E-state index in [0.29, 0.717) is 12.5 Å². The second kappa shape index (κ2) is 7.64. The summed E-state index contributed by atoms with van der Waals surface area (Å²) in [6.45, 7) is 1.91. The van der Waals surface area contributed by atoms with Crippen LogP contribution in [-0.4, -0.2) is 24.1 Å². The van der Waals surface area contributed by atoms with Gasteiger partial charge in [0.25, 0.3) is 0 Å². The van der Waals surface area contributed by atoms with Crippen molar-refractivity contribution < 1.29 is 9.53 Å². The lowest BCUT2D eigenvalue weighted by Gasteiger charge is -2.16. The van der Waals surface area contributed by atoms with E-state index in [1.54, 1.807) is 0 Å². The van der Waals surface area contributed by atoms with Crippen molar-refractivity contribution in [2.45, 2.75) is 19.4 Å². The maximum absolute atomic E-state index is 12.2. The maximum atomic E-state index is 12.2. The van der Waals surface area contributed by atoms with Crippen LogP contribution in [0, 0.1) is 5.92 Å². The third-order valence-electron chi connectivity index (χ3n) is 4.19. The predicted molar refractivity (Wildman–Crippen MR) is 94.2 cm³/mol. The fraction of sp³-hybridized carbons (Fsp3) is 0.316. The van der Waals surface area contributed by atoms with Crippen molar-refractivity contribution in [3.8, 4) is 0 Å². The maximum Gasteiger partial charge on any atom is 0.410 e. The van der Waals surface area contributed by atoms with Crippen molar-refractivity contribution in [2.75, 3.05) is 13.1 Å². The van der Waals surface area contributed by atoms with Crippen molar-refractivity contribution in [2.24, 2.45) is 5.92 Å². The number of nitrogens with zero attached hydrogens (tertiary/aromatic N) is 1. The highest BCUT2D eigenvalue weighted by Crippen LogP contribution is 2.22. The molecule has 0 aliphatic carbocycles. The van der Waals surface area contributed by atoms with Crippen LogP contribution < -0.4 is 0 Å². The molecule has 1 heterocycles. The third kappa shape index (κ3) is 4.58. The molecule has 0 radical (unpaired) electrons.